The molecule has 0 aliphatic carbocycles. The number of furan rings is 1. The van der Waals surface area contributed by atoms with Crippen molar-refractivity contribution in [2.75, 3.05) is 7.11 Å². The standard InChI is InChI=1S/C23H23FN2O4/c1-15(18-14-17(24)10-11-20(18)29-2)25-22(27)19(13-16-7-4-3-5-8-16)26-23(28)21-9-6-12-30-21/h3-12,14-15,19H,13H2,1-2H3,(H,25,27)(H,26,28). The highest BCUT2D eigenvalue weighted by atomic mass is 19.1. The number of carbonyl (C=O) groups is 2. The zero-order valence-electron chi connectivity index (χ0n) is 16.7. The van der Waals surface area contributed by atoms with Crippen LogP contribution in [0, 0.1) is 5.82 Å². The van der Waals surface area contributed by atoms with Crippen molar-refractivity contribution in [2.24, 2.45) is 0 Å². The summed E-state index contributed by atoms with van der Waals surface area (Å²) in [6, 6.07) is 15.2. The number of ether oxygens (including phenoxy) is 1. The first-order valence-electron chi connectivity index (χ1n) is 9.50. The van der Waals surface area contributed by atoms with E-state index in [0.29, 0.717) is 11.3 Å². The van der Waals surface area contributed by atoms with Crippen LogP contribution < -0.4 is 15.4 Å². The molecule has 30 heavy (non-hydrogen) atoms. The lowest BCUT2D eigenvalue weighted by molar-refractivity contribution is -0.123. The van der Waals surface area contributed by atoms with Gasteiger partial charge in [0.25, 0.3) is 5.91 Å². The lowest BCUT2D eigenvalue weighted by Gasteiger charge is -2.22. The number of amides is 2. The first-order valence-corrected chi connectivity index (χ1v) is 9.50. The Balaban J connectivity index is 1.78. The number of carbonyl (C=O) groups excluding carboxylic acids is 2. The molecule has 1 aromatic heterocycles. The van der Waals surface area contributed by atoms with Crippen molar-refractivity contribution in [3.63, 3.8) is 0 Å². The molecule has 2 unspecified atom stereocenters. The van der Waals surface area contributed by atoms with Crippen molar-refractivity contribution in [3.05, 3.63) is 89.6 Å². The van der Waals surface area contributed by atoms with Crippen LogP contribution in [0.2, 0.25) is 0 Å². The minimum atomic E-state index is -0.855. The van der Waals surface area contributed by atoms with Crippen LogP contribution in [0.15, 0.2) is 71.3 Å². The highest BCUT2D eigenvalue weighted by Crippen LogP contribution is 2.26. The molecule has 156 valence electrons. The van der Waals surface area contributed by atoms with Gasteiger partial charge in [-0.1, -0.05) is 30.3 Å². The average molecular weight is 410 g/mol. The zero-order chi connectivity index (χ0) is 21.5. The molecule has 0 aliphatic rings. The summed E-state index contributed by atoms with van der Waals surface area (Å²) in [7, 11) is 1.48. The van der Waals surface area contributed by atoms with E-state index in [1.54, 1.807) is 13.0 Å². The third kappa shape index (κ3) is 5.26. The van der Waals surface area contributed by atoms with E-state index in [1.807, 2.05) is 30.3 Å². The van der Waals surface area contributed by atoms with Gasteiger partial charge in [0.15, 0.2) is 5.76 Å². The number of hydrogen-bond acceptors (Lipinski definition) is 4. The van der Waals surface area contributed by atoms with Crippen LogP contribution in [0.3, 0.4) is 0 Å². The summed E-state index contributed by atoms with van der Waals surface area (Å²) >= 11 is 0. The molecule has 3 rings (SSSR count). The largest absolute Gasteiger partial charge is 0.496 e. The highest BCUT2D eigenvalue weighted by Gasteiger charge is 2.25. The van der Waals surface area contributed by atoms with E-state index in [2.05, 4.69) is 10.6 Å². The second-order valence-corrected chi connectivity index (χ2v) is 6.81. The van der Waals surface area contributed by atoms with E-state index in [9.17, 15) is 14.0 Å². The molecule has 0 spiro atoms. The molecular formula is C23H23FN2O4. The van der Waals surface area contributed by atoms with Gasteiger partial charge < -0.3 is 19.8 Å². The van der Waals surface area contributed by atoms with Gasteiger partial charge in [0.1, 0.15) is 17.6 Å². The lowest BCUT2D eigenvalue weighted by Crippen LogP contribution is -2.48. The van der Waals surface area contributed by atoms with Crippen molar-refractivity contribution < 1.29 is 23.1 Å². The number of methoxy groups -OCH3 is 1. The van der Waals surface area contributed by atoms with Crippen LogP contribution in [0.1, 0.15) is 34.6 Å². The third-order valence-corrected chi connectivity index (χ3v) is 4.67. The summed E-state index contributed by atoms with van der Waals surface area (Å²) in [5.41, 5.74) is 1.38. The van der Waals surface area contributed by atoms with Crippen LogP contribution in [0.4, 0.5) is 4.39 Å². The van der Waals surface area contributed by atoms with Gasteiger partial charge in [-0.25, -0.2) is 4.39 Å². The van der Waals surface area contributed by atoms with Crippen molar-refractivity contribution in [1.82, 2.24) is 10.6 Å². The predicted octanol–water partition coefficient (Wildman–Crippen LogP) is 3.65. The first-order chi connectivity index (χ1) is 14.5. The van der Waals surface area contributed by atoms with Gasteiger partial charge in [0.05, 0.1) is 19.4 Å². The average Bonchev–Trinajstić information content (AvgIpc) is 3.29. The minimum absolute atomic E-state index is 0.112. The van der Waals surface area contributed by atoms with E-state index >= 15 is 0 Å². The quantitative estimate of drug-likeness (QED) is 0.594. The fourth-order valence-electron chi connectivity index (χ4n) is 3.13. The molecule has 2 aromatic carbocycles. The SMILES string of the molecule is COc1ccc(F)cc1C(C)NC(=O)C(Cc1ccccc1)NC(=O)c1ccco1. The summed E-state index contributed by atoms with van der Waals surface area (Å²) < 4.78 is 24.1. The molecule has 0 bridgehead atoms. The Morgan fingerprint density at radius 1 is 1.07 bits per heavy atom. The molecular weight excluding hydrogens is 387 g/mol. The maximum atomic E-state index is 13.7. The van der Waals surface area contributed by atoms with Gasteiger partial charge in [0, 0.05) is 12.0 Å². The number of rotatable bonds is 8. The number of benzene rings is 2. The lowest BCUT2D eigenvalue weighted by atomic mass is 10.0. The molecule has 0 saturated carbocycles. The van der Waals surface area contributed by atoms with Gasteiger partial charge in [-0.2, -0.15) is 0 Å². The molecule has 0 fully saturated rings. The smallest absolute Gasteiger partial charge is 0.287 e. The molecule has 3 aromatic rings. The van der Waals surface area contributed by atoms with Crippen LogP contribution >= 0.6 is 0 Å². The molecule has 0 aliphatic heterocycles. The van der Waals surface area contributed by atoms with Crippen LogP contribution in [0.5, 0.6) is 5.75 Å². The maximum Gasteiger partial charge on any atom is 0.287 e. The Morgan fingerprint density at radius 2 is 1.83 bits per heavy atom. The summed E-state index contributed by atoms with van der Waals surface area (Å²) in [4.78, 5) is 25.5. The minimum Gasteiger partial charge on any atom is -0.496 e. The molecule has 0 radical (unpaired) electrons. The molecule has 2 amide bonds. The summed E-state index contributed by atoms with van der Waals surface area (Å²) in [6.07, 6.45) is 1.67. The Hall–Kier alpha value is -3.61. The first kappa shape index (κ1) is 21.1. The number of halogens is 1. The van der Waals surface area contributed by atoms with Gasteiger partial charge >= 0.3 is 0 Å². The molecule has 1 heterocycles. The topological polar surface area (TPSA) is 80.6 Å². The zero-order valence-corrected chi connectivity index (χ0v) is 16.7. The van der Waals surface area contributed by atoms with E-state index in [1.165, 1.54) is 37.6 Å². The Morgan fingerprint density at radius 3 is 2.50 bits per heavy atom. The Labute approximate surface area is 174 Å². The fourth-order valence-corrected chi connectivity index (χ4v) is 3.13. The number of nitrogens with one attached hydrogen (secondary N) is 2. The molecule has 7 heteroatoms. The van der Waals surface area contributed by atoms with Crippen LogP contribution in [-0.4, -0.2) is 25.0 Å². The van der Waals surface area contributed by atoms with Gasteiger partial charge in [-0.3, -0.25) is 9.59 Å². The maximum absolute atomic E-state index is 13.7. The van der Waals surface area contributed by atoms with E-state index < -0.39 is 29.7 Å². The summed E-state index contributed by atoms with van der Waals surface area (Å²) in [5.74, 6) is -0.757. The van der Waals surface area contributed by atoms with Crippen molar-refractivity contribution >= 4 is 11.8 Å². The van der Waals surface area contributed by atoms with Gasteiger partial charge in [-0.05, 0) is 42.8 Å². The van der Waals surface area contributed by atoms with Crippen molar-refractivity contribution in [1.29, 1.82) is 0 Å². The number of hydrogen-bond donors (Lipinski definition) is 2. The third-order valence-electron chi connectivity index (χ3n) is 4.67. The summed E-state index contributed by atoms with van der Waals surface area (Å²) in [5, 5.41) is 5.55. The van der Waals surface area contributed by atoms with Gasteiger partial charge in [0.2, 0.25) is 5.91 Å². The Kier molecular flexibility index (Phi) is 6.85. The molecule has 2 atom stereocenters. The highest BCUT2D eigenvalue weighted by molar-refractivity contribution is 5.95. The molecule has 6 nitrogen and oxygen atoms in total. The van der Waals surface area contributed by atoms with Crippen molar-refractivity contribution in [3.8, 4) is 5.75 Å². The second-order valence-electron chi connectivity index (χ2n) is 6.81. The van der Waals surface area contributed by atoms with E-state index in [0.717, 1.165) is 5.56 Å². The van der Waals surface area contributed by atoms with E-state index in [4.69, 9.17) is 9.15 Å². The van der Waals surface area contributed by atoms with Crippen molar-refractivity contribution in [2.45, 2.75) is 25.4 Å². The normalized spacial score (nSPS) is 12.6. The van der Waals surface area contributed by atoms with Crippen LogP contribution in [0.25, 0.3) is 0 Å². The van der Waals surface area contributed by atoms with Crippen LogP contribution in [-0.2, 0) is 11.2 Å². The molecule has 0 saturated heterocycles. The summed E-state index contributed by atoms with van der Waals surface area (Å²) in [6.45, 7) is 1.73. The van der Waals surface area contributed by atoms with E-state index in [-0.39, 0.29) is 12.2 Å². The Bertz CT molecular complexity index is 990. The molecule has 2 N–H and O–H groups in total. The van der Waals surface area contributed by atoms with Gasteiger partial charge in [-0.15, -0.1) is 0 Å². The fraction of sp³-hybridized carbons (Fsp3) is 0.217. The second kappa shape index (κ2) is 9.73. The monoisotopic (exact) mass is 410 g/mol. The predicted molar refractivity (Wildman–Crippen MR) is 110 cm³/mol.